The zero-order chi connectivity index (χ0) is 13.4. The number of aliphatic hydroxyl groups is 1. The van der Waals surface area contributed by atoms with Gasteiger partial charge in [-0.15, -0.1) is 0 Å². The first-order chi connectivity index (χ1) is 8.64. The van der Waals surface area contributed by atoms with Gasteiger partial charge in [0, 0.05) is 20.3 Å². The second-order valence-electron chi connectivity index (χ2n) is 5.34. The number of hydrogen-bond acceptors (Lipinski definition) is 3. The van der Waals surface area contributed by atoms with Crippen molar-refractivity contribution < 1.29 is 14.6 Å². The molecule has 0 radical (unpaired) electrons. The van der Waals surface area contributed by atoms with E-state index in [4.69, 9.17) is 4.74 Å². The van der Waals surface area contributed by atoms with Crippen molar-refractivity contribution in [2.45, 2.75) is 58.0 Å². The van der Waals surface area contributed by atoms with Crippen LogP contribution >= 0.6 is 0 Å². The number of hydrogen-bond donors (Lipinski definition) is 2. The standard InChI is InChI=1S/C14H27NO3/c1-3-12(16)6-10-15-13(17)14(9-11-18-2)7-4-5-8-14/h12,16H,3-11H2,1-2H3,(H,15,17). The second kappa shape index (κ2) is 7.74. The Morgan fingerprint density at radius 2 is 2.11 bits per heavy atom. The summed E-state index contributed by atoms with van der Waals surface area (Å²) in [6.45, 7) is 3.16. The molecule has 0 spiro atoms. The van der Waals surface area contributed by atoms with Gasteiger partial charge in [0.2, 0.25) is 5.91 Å². The van der Waals surface area contributed by atoms with Crippen molar-refractivity contribution in [3.63, 3.8) is 0 Å². The molecule has 0 aromatic heterocycles. The molecular formula is C14H27NO3. The third-order valence-electron chi connectivity index (χ3n) is 4.06. The van der Waals surface area contributed by atoms with Crippen molar-refractivity contribution in [2.75, 3.05) is 20.3 Å². The normalized spacial score (nSPS) is 19.7. The third-order valence-corrected chi connectivity index (χ3v) is 4.06. The summed E-state index contributed by atoms with van der Waals surface area (Å²) in [6.07, 6.45) is 6.10. The molecule has 4 heteroatoms. The predicted molar refractivity (Wildman–Crippen MR) is 71.3 cm³/mol. The number of amides is 1. The van der Waals surface area contributed by atoms with E-state index in [1.807, 2.05) is 6.92 Å². The summed E-state index contributed by atoms with van der Waals surface area (Å²) < 4.78 is 5.12. The van der Waals surface area contributed by atoms with E-state index in [1.165, 1.54) is 0 Å². The number of ether oxygens (including phenoxy) is 1. The van der Waals surface area contributed by atoms with Crippen LogP contribution in [0, 0.1) is 5.41 Å². The van der Waals surface area contributed by atoms with Crippen molar-refractivity contribution in [2.24, 2.45) is 5.41 Å². The molecule has 18 heavy (non-hydrogen) atoms. The number of rotatable bonds is 8. The molecule has 2 N–H and O–H groups in total. The monoisotopic (exact) mass is 257 g/mol. The van der Waals surface area contributed by atoms with Crippen LogP contribution in [0.25, 0.3) is 0 Å². The van der Waals surface area contributed by atoms with Crippen LogP contribution in [0.4, 0.5) is 0 Å². The predicted octanol–water partition coefficient (Wildman–Crippen LogP) is 1.86. The van der Waals surface area contributed by atoms with Crippen molar-refractivity contribution >= 4 is 5.91 Å². The largest absolute Gasteiger partial charge is 0.393 e. The van der Waals surface area contributed by atoms with Gasteiger partial charge in [-0.05, 0) is 32.1 Å². The quantitative estimate of drug-likeness (QED) is 0.698. The van der Waals surface area contributed by atoms with Crippen molar-refractivity contribution in [3.05, 3.63) is 0 Å². The lowest BCUT2D eigenvalue weighted by Gasteiger charge is -2.27. The van der Waals surface area contributed by atoms with E-state index in [9.17, 15) is 9.90 Å². The summed E-state index contributed by atoms with van der Waals surface area (Å²) in [5, 5.41) is 12.5. The summed E-state index contributed by atoms with van der Waals surface area (Å²) >= 11 is 0. The Morgan fingerprint density at radius 3 is 2.67 bits per heavy atom. The van der Waals surface area contributed by atoms with Crippen molar-refractivity contribution in [1.29, 1.82) is 0 Å². The topological polar surface area (TPSA) is 58.6 Å². The SMILES string of the molecule is CCC(O)CCNC(=O)C1(CCOC)CCCC1. The van der Waals surface area contributed by atoms with E-state index >= 15 is 0 Å². The summed E-state index contributed by atoms with van der Waals surface area (Å²) in [4.78, 5) is 12.3. The highest BCUT2D eigenvalue weighted by Crippen LogP contribution is 2.41. The lowest BCUT2D eigenvalue weighted by molar-refractivity contribution is -0.132. The van der Waals surface area contributed by atoms with Gasteiger partial charge in [-0.1, -0.05) is 19.8 Å². The zero-order valence-electron chi connectivity index (χ0n) is 11.7. The van der Waals surface area contributed by atoms with Crippen molar-refractivity contribution in [3.8, 4) is 0 Å². The average Bonchev–Trinajstić information content (AvgIpc) is 2.86. The maximum Gasteiger partial charge on any atom is 0.226 e. The lowest BCUT2D eigenvalue weighted by atomic mass is 9.82. The zero-order valence-corrected chi connectivity index (χ0v) is 11.7. The first kappa shape index (κ1) is 15.4. The number of carbonyl (C=O) groups excluding carboxylic acids is 1. The summed E-state index contributed by atoms with van der Waals surface area (Å²) in [5.41, 5.74) is -0.215. The minimum Gasteiger partial charge on any atom is -0.393 e. The molecule has 1 saturated carbocycles. The number of methoxy groups -OCH3 is 1. The van der Waals surface area contributed by atoms with E-state index < -0.39 is 0 Å². The van der Waals surface area contributed by atoms with Crippen LogP contribution in [0.2, 0.25) is 0 Å². The maximum atomic E-state index is 12.3. The van der Waals surface area contributed by atoms with Gasteiger partial charge in [0.1, 0.15) is 0 Å². The highest BCUT2D eigenvalue weighted by atomic mass is 16.5. The van der Waals surface area contributed by atoms with E-state index in [1.54, 1.807) is 7.11 Å². The molecule has 1 aliphatic rings. The molecule has 1 rings (SSSR count). The molecule has 0 heterocycles. The van der Waals surface area contributed by atoms with E-state index in [0.717, 1.165) is 38.5 Å². The fourth-order valence-corrected chi connectivity index (χ4v) is 2.68. The van der Waals surface area contributed by atoms with Crippen LogP contribution < -0.4 is 5.32 Å². The smallest absolute Gasteiger partial charge is 0.226 e. The van der Waals surface area contributed by atoms with Gasteiger partial charge >= 0.3 is 0 Å². The van der Waals surface area contributed by atoms with Crippen LogP contribution in [0.5, 0.6) is 0 Å². The van der Waals surface area contributed by atoms with Gasteiger partial charge < -0.3 is 15.2 Å². The van der Waals surface area contributed by atoms with Crippen LogP contribution in [0.3, 0.4) is 0 Å². The summed E-state index contributed by atoms with van der Waals surface area (Å²) in [7, 11) is 1.68. The molecule has 4 nitrogen and oxygen atoms in total. The van der Waals surface area contributed by atoms with Gasteiger partial charge in [-0.25, -0.2) is 0 Å². The number of aliphatic hydroxyl groups excluding tert-OH is 1. The Hall–Kier alpha value is -0.610. The first-order valence-corrected chi connectivity index (χ1v) is 7.10. The minimum absolute atomic E-state index is 0.153. The molecule has 1 amide bonds. The maximum absolute atomic E-state index is 12.3. The Morgan fingerprint density at radius 1 is 1.44 bits per heavy atom. The van der Waals surface area contributed by atoms with Gasteiger partial charge in [-0.3, -0.25) is 4.79 Å². The molecule has 1 aliphatic carbocycles. The molecule has 0 aromatic carbocycles. The molecule has 0 aromatic rings. The van der Waals surface area contributed by atoms with E-state index in [-0.39, 0.29) is 17.4 Å². The second-order valence-corrected chi connectivity index (χ2v) is 5.34. The lowest BCUT2D eigenvalue weighted by Crippen LogP contribution is -2.41. The van der Waals surface area contributed by atoms with E-state index in [0.29, 0.717) is 19.6 Å². The third kappa shape index (κ3) is 4.25. The van der Waals surface area contributed by atoms with Gasteiger partial charge in [0.15, 0.2) is 0 Å². The molecule has 1 atom stereocenters. The van der Waals surface area contributed by atoms with Crippen molar-refractivity contribution in [1.82, 2.24) is 5.32 Å². The Bertz CT molecular complexity index is 249. The van der Waals surface area contributed by atoms with Gasteiger partial charge in [0.05, 0.1) is 11.5 Å². The van der Waals surface area contributed by atoms with Crippen LogP contribution in [-0.4, -0.2) is 37.4 Å². The molecule has 1 fully saturated rings. The molecule has 0 aliphatic heterocycles. The number of nitrogens with one attached hydrogen (secondary N) is 1. The fourth-order valence-electron chi connectivity index (χ4n) is 2.68. The van der Waals surface area contributed by atoms with E-state index in [2.05, 4.69) is 5.32 Å². The minimum atomic E-state index is -0.302. The number of carbonyl (C=O) groups is 1. The van der Waals surface area contributed by atoms with Gasteiger partial charge in [0.25, 0.3) is 0 Å². The fraction of sp³-hybridized carbons (Fsp3) is 0.929. The van der Waals surface area contributed by atoms with Gasteiger partial charge in [-0.2, -0.15) is 0 Å². The molecule has 0 bridgehead atoms. The van der Waals surface area contributed by atoms with Crippen LogP contribution in [0.15, 0.2) is 0 Å². The Balaban J connectivity index is 2.40. The Labute approximate surface area is 110 Å². The molecule has 0 saturated heterocycles. The summed E-state index contributed by atoms with van der Waals surface area (Å²) in [6, 6.07) is 0. The first-order valence-electron chi connectivity index (χ1n) is 7.10. The highest BCUT2D eigenvalue weighted by Gasteiger charge is 2.40. The summed E-state index contributed by atoms with van der Waals surface area (Å²) in [5.74, 6) is 0.153. The van der Waals surface area contributed by atoms with Crippen LogP contribution in [0.1, 0.15) is 51.9 Å². The Kier molecular flexibility index (Phi) is 6.65. The molecule has 106 valence electrons. The molecule has 1 unspecified atom stereocenters. The average molecular weight is 257 g/mol. The van der Waals surface area contributed by atoms with Crippen LogP contribution in [-0.2, 0) is 9.53 Å². The highest BCUT2D eigenvalue weighted by molar-refractivity contribution is 5.82. The molecular weight excluding hydrogens is 230 g/mol.